The zero-order valence-corrected chi connectivity index (χ0v) is 12.3. The first-order valence-electron chi connectivity index (χ1n) is 7.60. The van der Waals surface area contributed by atoms with Crippen molar-refractivity contribution in [3.63, 3.8) is 0 Å². The van der Waals surface area contributed by atoms with E-state index in [2.05, 4.69) is 18.7 Å². The van der Waals surface area contributed by atoms with Gasteiger partial charge < -0.3 is 10.5 Å². The van der Waals surface area contributed by atoms with E-state index in [0.717, 1.165) is 19.0 Å². The molecule has 0 amide bonds. The molecular formula is C15H30N2O. The molecule has 2 N–H and O–H groups in total. The number of nitrogens with zero attached hydrogens (tertiary/aromatic N) is 1. The third-order valence-electron chi connectivity index (χ3n) is 5.41. The van der Waals surface area contributed by atoms with Crippen molar-refractivity contribution in [3.8, 4) is 0 Å². The number of hydrogen-bond acceptors (Lipinski definition) is 3. The average Bonchev–Trinajstić information content (AvgIpc) is 2.41. The minimum atomic E-state index is 0.231. The lowest BCUT2D eigenvalue weighted by Crippen LogP contribution is -2.63. The minimum absolute atomic E-state index is 0.231. The zero-order valence-electron chi connectivity index (χ0n) is 12.3. The first-order chi connectivity index (χ1) is 8.62. The number of methoxy groups -OCH3 is 1. The Bertz CT molecular complexity index is 271. The molecule has 106 valence electrons. The standard InChI is InChI=1S/C15H30N2O/c1-12-6-7-13(2)15(9-12,11-16)17-8-4-5-14(10-17)18-3/h12-14H,4-11,16H2,1-3H3. The van der Waals surface area contributed by atoms with Crippen LogP contribution in [0.2, 0.25) is 0 Å². The molecule has 2 rings (SSSR count). The summed E-state index contributed by atoms with van der Waals surface area (Å²) < 4.78 is 5.58. The molecule has 0 spiro atoms. The van der Waals surface area contributed by atoms with Crippen LogP contribution in [0.4, 0.5) is 0 Å². The lowest BCUT2D eigenvalue weighted by atomic mass is 9.68. The average molecular weight is 254 g/mol. The van der Waals surface area contributed by atoms with Crippen molar-refractivity contribution in [1.29, 1.82) is 0 Å². The van der Waals surface area contributed by atoms with E-state index >= 15 is 0 Å². The van der Waals surface area contributed by atoms with E-state index in [4.69, 9.17) is 10.5 Å². The van der Waals surface area contributed by atoms with E-state index in [1.54, 1.807) is 0 Å². The smallest absolute Gasteiger partial charge is 0.0698 e. The molecule has 0 aromatic rings. The van der Waals surface area contributed by atoms with Gasteiger partial charge >= 0.3 is 0 Å². The first kappa shape index (κ1) is 14.3. The summed E-state index contributed by atoms with van der Waals surface area (Å²) in [7, 11) is 1.84. The molecule has 1 saturated carbocycles. The van der Waals surface area contributed by atoms with Gasteiger partial charge in [0.15, 0.2) is 0 Å². The maximum Gasteiger partial charge on any atom is 0.0698 e. The Hall–Kier alpha value is -0.120. The normalized spacial score (nSPS) is 43.0. The molecule has 3 nitrogen and oxygen atoms in total. The van der Waals surface area contributed by atoms with Gasteiger partial charge in [0.05, 0.1) is 6.10 Å². The Labute approximate surface area is 112 Å². The largest absolute Gasteiger partial charge is 0.380 e. The van der Waals surface area contributed by atoms with Gasteiger partial charge in [0.2, 0.25) is 0 Å². The molecule has 3 heteroatoms. The third-order valence-corrected chi connectivity index (χ3v) is 5.41. The Morgan fingerprint density at radius 1 is 1.28 bits per heavy atom. The van der Waals surface area contributed by atoms with Crippen molar-refractivity contribution in [2.45, 2.75) is 57.6 Å². The summed E-state index contributed by atoms with van der Waals surface area (Å²) in [6, 6.07) is 0. The summed E-state index contributed by atoms with van der Waals surface area (Å²) in [4.78, 5) is 2.66. The van der Waals surface area contributed by atoms with Crippen molar-refractivity contribution < 1.29 is 4.74 Å². The van der Waals surface area contributed by atoms with Crippen molar-refractivity contribution >= 4 is 0 Å². The highest BCUT2D eigenvalue weighted by Crippen LogP contribution is 2.41. The van der Waals surface area contributed by atoms with Crippen LogP contribution >= 0.6 is 0 Å². The molecule has 0 radical (unpaired) electrons. The highest BCUT2D eigenvalue weighted by molar-refractivity contribution is 5.01. The number of nitrogens with two attached hydrogens (primary N) is 1. The van der Waals surface area contributed by atoms with Gasteiger partial charge in [-0.1, -0.05) is 20.3 Å². The maximum atomic E-state index is 6.23. The summed E-state index contributed by atoms with van der Waals surface area (Å²) in [5.74, 6) is 1.53. The van der Waals surface area contributed by atoms with Gasteiger partial charge in [-0.3, -0.25) is 4.90 Å². The van der Waals surface area contributed by atoms with E-state index < -0.39 is 0 Å². The van der Waals surface area contributed by atoms with Gasteiger partial charge in [-0.2, -0.15) is 0 Å². The summed E-state index contributed by atoms with van der Waals surface area (Å²) in [6.45, 7) is 7.86. The molecule has 0 aromatic heterocycles. The molecule has 2 aliphatic rings. The van der Waals surface area contributed by atoms with Crippen molar-refractivity contribution in [3.05, 3.63) is 0 Å². The van der Waals surface area contributed by atoms with E-state index in [1.807, 2.05) is 7.11 Å². The number of rotatable bonds is 3. The zero-order chi connectivity index (χ0) is 13.2. The number of likely N-dealkylation sites (tertiary alicyclic amines) is 1. The molecule has 1 saturated heterocycles. The second kappa shape index (κ2) is 5.89. The van der Waals surface area contributed by atoms with Gasteiger partial charge in [-0.25, -0.2) is 0 Å². The van der Waals surface area contributed by atoms with Crippen LogP contribution in [0.1, 0.15) is 46.0 Å². The van der Waals surface area contributed by atoms with Crippen LogP contribution in [0.25, 0.3) is 0 Å². The van der Waals surface area contributed by atoms with Crippen molar-refractivity contribution in [2.24, 2.45) is 17.6 Å². The Balaban J connectivity index is 2.14. The summed E-state index contributed by atoms with van der Waals surface area (Å²) >= 11 is 0. The summed E-state index contributed by atoms with van der Waals surface area (Å²) in [5.41, 5.74) is 6.46. The lowest BCUT2D eigenvalue weighted by Gasteiger charge is -2.54. The first-order valence-corrected chi connectivity index (χ1v) is 7.60. The Morgan fingerprint density at radius 3 is 2.72 bits per heavy atom. The summed E-state index contributed by atoms with van der Waals surface area (Å²) in [6.07, 6.45) is 6.82. The van der Waals surface area contributed by atoms with Gasteiger partial charge in [0, 0.05) is 25.7 Å². The minimum Gasteiger partial charge on any atom is -0.380 e. The topological polar surface area (TPSA) is 38.5 Å². The number of ether oxygens (including phenoxy) is 1. The van der Waals surface area contributed by atoms with E-state index in [-0.39, 0.29) is 5.54 Å². The molecule has 1 aliphatic heterocycles. The second-order valence-corrected chi connectivity index (χ2v) is 6.54. The fourth-order valence-corrected chi connectivity index (χ4v) is 4.10. The SMILES string of the molecule is COC1CCCN(C2(CN)CC(C)CCC2C)C1. The van der Waals surface area contributed by atoms with Crippen LogP contribution in [0.15, 0.2) is 0 Å². The molecule has 0 aromatic carbocycles. The summed E-state index contributed by atoms with van der Waals surface area (Å²) in [5, 5.41) is 0. The van der Waals surface area contributed by atoms with E-state index in [9.17, 15) is 0 Å². The second-order valence-electron chi connectivity index (χ2n) is 6.54. The van der Waals surface area contributed by atoms with E-state index in [0.29, 0.717) is 12.0 Å². The van der Waals surface area contributed by atoms with Crippen LogP contribution in [0, 0.1) is 11.8 Å². The van der Waals surface area contributed by atoms with Crippen LogP contribution in [-0.4, -0.2) is 43.3 Å². The van der Waals surface area contributed by atoms with Crippen LogP contribution in [0.3, 0.4) is 0 Å². The van der Waals surface area contributed by atoms with Gasteiger partial charge in [0.1, 0.15) is 0 Å². The number of piperidine rings is 1. The lowest BCUT2D eigenvalue weighted by molar-refractivity contribution is -0.0597. The molecule has 4 unspecified atom stereocenters. The molecule has 0 bridgehead atoms. The van der Waals surface area contributed by atoms with Crippen molar-refractivity contribution in [2.75, 3.05) is 26.7 Å². The fourth-order valence-electron chi connectivity index (χ4n) is 4.10. The van der Waals surface area contributed by atoms with Gasteiger partial charge in [0.25, 0.3) is 0 Å². The molecule has 18 heavy (non-hydrogen) atoms. The molecule has 4 atom stereocenters. The Morgan fingerprint density at radius 2 is 2.06 bits per heavy atom. The van der Waals surface area contributed by atoms with E-state index in [1.165, 1.54) is 38.6 Å². The van der Waals surface area contributed by atoms with Gasteiger partial charge in [-0.05, 0) is 44.1 Å². The Kier molecular flexibility index (Phi) is 4.68. The predicted molar refractivity (Wildman–Crippen MR) is 75.6 cm³/mol. The fraction of sp³-hybridized carbons (Fsp3) is 1.00. The highest BCUT2D eigenvalue weighted by Gasteiger charge is 2.45. The predicted octanol–water partition coefficient (Wildman–Crippen LogP) is 2.25. The molecular weight excluding hydrogens is 224 g/mol. The number of hydrogen-bond donors (Lipinski definition) is 1. The maximum absolute atomic E-state index is 6.23. The van der Waals surface area contributed by atoms with Crippen LogP contribution in [0.5, 0.6) is 0 Å². The van der Waals surface area contributed by atoms with Crippen LogP contribution in [-0.2, 0) is 4.74 Å². The molecule has 1 heterocycles. The molecule has 2 fully saturated rings. The van der Waals surface area contributed by atoms with Gasteiger partial charge in [-0.15, -0.1) is 0 Å². The van der Waals surface area contributed by atoms with Crippen molar-refractivity contribution in [1.82, 2.24) is 4.90 Å². The monoisotopic (exact) mass is 254 g/mol. The third kappa shape index (κ3) is 2.59. The quantitative estimate of drug-likeness (QED) is 0.839. The highest BCUT2D eigenvalue weighted by atomic mass is 16.5. The molecule has 1 aliphatic carbocycles. The van der Waals surface area contributed by atoms with Crippen LogP contribution < -0.4 is 5.73 Å².